The Hall–Kier alpha value is -5.58. The van der Waals surface area contributed by atoms with Gasteiger partial charge in [-0.1, -0.05) is 48.0 Å². The molecule has 50 heavy (non-hydrogen) atoms. The molecule has 0 radical (unpaired) electrons. The van der Waals surface area contributed by atoms with Crippen molar-refractivity contribution in [3.05, 3.63) is 65.2 Å². The Labute approximate surface area is 294 Å². The molecule has 0 saturated carbocycles. The van der Waals surface area contributed by atoms with E-state index in [1.165, 1.54) is 16.9 Å². The highest BCUT2D eigenvalue weighted by Gasteiger charge is 2.26. The highest BCUT2D eigenvalue weighted by atomic mass is 32.1. The van der Waals surface area contributed by atoms with Crippen LogP contribution in [-0.2, 0) is 19.2 Å². The summed E-state index contributed by atoms with van der Waals surface area (Å²) in [5, 5.41) is 7.88. The van der Waals surface area contributed by atoms with Crippen molar-refractivity contribution in [2.45, 2.75) is 64.0 Å². The van der Waals surface area contributed by atoms with Crippen molar-refractivity contribution in [1.82, 2.24) is 20.9 Å². The van der Waals surface area contributed by atoms with Crippen molar-refractivity contribution in [3.63, 3.8) is 0 Å². The average molecular weight is 710 g/mol. The molecule has 0 saturated heterocycles. The average Bonchev–Trinajstić information content (AvgIpc) is 3.51. The largest absolute Gasteiger partial charge is 0.370 e. The number of amides is 4. The van der Waals surface area contributed by atoms with Gasteiger partial charge in [0.15, 0.2) is 16.9 Å². The van der Waals surface area contributed by atoms with Crippen molar-refractivity contribution >= 4 is 62.9 Å². The number of ketones is 1. The van der Waals surface area contributed by atoms with Crippen LogP contribution in [0.3, 0.4) is 0 Å². The van der Waals surface area contributed by atoms with E-state index in [4.69, 9.17) is 28.7 Å². The second-order valence-corrected chi connectivity index (χ2v) is 12.2. The molecular formula is C33H47N11O5S. The van der Waals surface area contributed by atoms with Gasteiger partial charge in [0.2, 0.25) is 29.4 Å². The van der Waals surface area contributed by atoms with Gasteiger partial charge in [-0.2, -0.15) is 0 Å². The molecule has 4 amide bonds. The maximum atomic E-state index is 13.3. The lowest BCUT2D eigenvalue weighted by Gasteiger charge is -2.19. The Balaban J connectivity index is 0.00000110. The smallest absolute Gasteiger partial charge is 0.243 e. The predicted molar refractivity (Wildman–Crippen MR) is 195 cm³/mol. The van der Waals surface area contributed by atoms with Gasteiger partial charge in [-0.05, 0) is 51.2 Å². The first kappa shape index (κ1) is 40.6. The summed E-state index contributed by atoms with van der Waals surface area (Å²) in [4.78, 5) is 74.8. The second kappa shape index (κ2) is 22.1. The van der Waals surface area contributed by atoms with Crippen molar-refractivity contribution in [2.24, 2.45) is 38.7 Å². The number of carbonyl (C=O) groups is 5. The molecule has 3 aromatic rings. The number of guanidine groups is 2. The molecule has 3 rings (SSSR count). The number of hydrogen-bond acceptors (Lipinski definition) is 9. The van der Waals surface area contributed by atoms with E-state index in [0.29, 0.717) is 31.3 Å². The van der Waals surface area contributed by atoms with Gasteiger partial charge in [0.25, 0.3) is 0 Å². The fraction of sp³-hybridized carbons (Fsp3) is 0.394. The number of unbranched alkanes of at least 4 members (excludes halogenated alkanes) is 1. The molecule has 0 aliphatic rings. The lowest BCUT2D eigenvalue weighted by atomic mass is 10.1. The van der Waals surface area contributed by atoms with E-state index in [1.54, 1.807) is 6.07 Å². The van der Waals surface area contributed by atoms with E-state index in [1.807, 2.05) is 36.4 Å². The SMILES string of the molecule is Cc1ccccc1.NC(=O)CCC(NC(=O)CCCCN=C(N)N)C(=O)NCC(=O)NC(CCCN=C(N)N)C(=O)c1nc2ccccc2s1. The van der Waals surface area contributed by atoms with Crippen molar-refractivity contribution in [3.8, 4) is 0 Å². The maximum Gasteiger partial charge on any atom is 0.243 e. The highest BCUT2D eigenvalue weighted by molar-refractivity contribution is 7.20. The number of para-hydroxylation sites is 1. The number of nitrogens with one attached hydrogen (secondary N) is 3. The lowest BCUT2D eigenvalue weighted by molar-refractivity contribution is -0.131. The number of aryl methyl sites for hydroxylation is 1. The van der Waals surface area contributed by atoms with Crippen LogP contribution in [0.2, 0.25) is 0 Å². The quantitative estimate of drug-likeness (QED) is 0.0365. The first-order valence-corrected chi connectivity index (χ1v) is 16.8. The summed E-state index contributed by atoms with van der Waals surface area (Å²) in [7, 11) is 0. The van der Waals surface area contributed by atoms with Gasteiger partial charge in [0.1, 0.15) is 6.04 Å². The third-order valence-corrected chi connectivity index (χ3v) is 7.95. The van der Waals surface area contributed by atoms with Crippen LogP contribution in [-0.4, -0.2) is 78.0 Å². The predicted octanol–water partition coefficient (Wildman–Crippen LogP) is 0.323. The number of aromatic nitrogens is 1. The number of rotatable bonds is 19. The summed E-state index contributed by atoms with van der Waals surface area (Å²) < 4.78 is 0.821. The summed E-state index contributed by atoms with van der Waals surface area (Å²) in [6, 6.07) is 15.5. The van der Waals surface area contributed by atoms with Gasteiger partial charge in [0.05, 0.1) is 22.8 Å². The van der Waals surface area contributed by atoms with Gasteiger partial charge in [-0.25, -0.2) is 4.98 Å². The monoisotopic (exact) mass is 709 g/mol. The highest BCUT2D eigenvalue weighted by Crippen LogP contribution is 2.23. The number of aliphatic imine (C=N–C) groups is 2. The van der Waals surface area contributed by atoms with Crippen LogP contribution in [0.15, 0.2) is 64.6 Å². The normalized spacial score (nSPS) is 11.5. The number of thiazole rings is 1. The molecule has 16 nitrogen and oxygen atoms in total. The number of hydrogen-bond donors (Lipinski definition) is 8. The summed E-state index contributed by atoms with van der Waals surface area (Å²) in [6.45, 7) is 2.19. The van der Waals surface area contributed by atoms with E-state index in [9.17, 15) is 24.0 Å². The molecule has 0 bridgehead atoms. The van der Waals surface area contributed by atoms with Gasteiger partial charge in [-0.15, -0.1) is 11.3 Å². The maximum absolute atomic E-state index is 13.3. The molecule has 0 aliphatic heterocycles. The number of Topliss-reactive ketones (excluding diaryl/α,β-unsaturated/α-hetero) is 1. The molecule has 17 heteroatoms. The van der Waals surface area contributed by atoms with Crippen LogP contribution >= 0.6 is 11.3 Å². The molecule has 0 aliphatic carbocycles. The molecule has 2 unspecified atom stereocenters. The minimum absolute atomic E-state index is 0.0462. The molecule has 13 N–H and O–H groups in total. The van der Waals surface area contributed by atoms with Crippen LogP contribution in [0.5, 0.6) is 0 Å². The topological polar surface area (TPSA) is 289 Å². The van der Waals surface area contributed by atoms with Crippen molar-refractivity contribution in [1.29, 1.82) is 0 Å². The van der Waals surface area contributed by atoms with Crippen LogP contribution in [0.4, 0.5) is 0 Å². The zero-order valence-corrected chi connectivity index (χ0v) is 28.9. The second-order valence-electron chi connectivity index (χ2n) is 11.2. The standard InChI is InChI=1S/C26H39N11O5S.C7H8/c27-19(38)11-10-17(36-20(39)9-3-4-12-32-25(28)29)23(42)34-14-21(40)35-16(7-5-13-33-26(30)31)22(41)24-37-15-6-1-2-8-18(15)43-24;1-7-5-3-2-4-6-7/h1-2,6,8,16-17H,3-5,7,9-14H2,(H2,27,38)(H,34,42)(H,35,40)(H,36,39)(H4,28,29,32)(H4,30,31,33);2-6H,1H3. The minimum Gasteiger partial charge on any atom is -0.370 e. The third-order valence-electron chi connectivity index (χ3n) is 6.90. The first-order valence-electron chi connectivity index (χ1n) is 16.0. The Kier molecular flexibility index (Phi) is 18.0. The number of carbonyl (C=O) groups excluding carboxylic acids is 5. The molecule has 0 fully saturated rings. The summed E-state index contributed by atoms with van der Waals surface area (Å²) in [5.74, 6) is -2.95. The number of benzene rings is 2. The van der Waals surface area contributed by atoms with Crippen LogP contribution in [0, 0.1) is 6.92 Å². The summed E-state index contributed by atoms with van der Waals surface area (Å²) >= 11 is 1.21. The minimum atomic E-state index is -1.11. The fourth-order valence-electron chi connectivity index (χ4n) is 4.40. The van der Waals surface area contributed by atoms with Crippen LogP contribution in [0.25, 0.3) is 10.2 Å². The Morgan fingerprint density at radius 1 is 0.740 bits per heavy atom. The zero-order chi connectivity index (χ0) is 36.9. The Morgan fingerprint density at radius 2 is 1.36 bits per heavy atom. The van der Waals surface area contributed by atoms with Gasteiger partial charge in [0, 0.05) is 25.9 Å². The van der Waals surface area contributed by atoms with E-state index < -0.39 is 48.0 Å². The van der Waals surface area contributed by atoms with Gasteiger partial charge in [-0.3, -0.25) is 34.0 Å². The van der Waals surface area contributed by atoms with E-state index >= 15 is 0 Å². The van der Waals surface area contributed by atoms with Crippen LogP contribution < -0.4 is 44.6 Å². The summed E-state index contributed by atoms with van der Waals surface area (Å²) in [6.07, 6.45) is 1.48. The molecule has 270 valence electrons. The third kappa shape index (κ3) is 16.5. The molecule has 2 atom stereocenters. The number of nitrogens with two attached hydrogens (primary N) is 5. The van der Waals surface area contributed by atoms with Gasteiger partial charge < -0.3 is 44.6 Å². The van der Waals surface area contributed by atoms with E-state index in [-0.39, 0.29) is 49.2 Å². The number of fused-ring (bicyclic) bond motifs is 1. The van der Waals surface area contributed by atoms with Crippen LogP contribution in [0.1, 0.15) is 60.3 Å². The van der Waals surface area contributed by atoms with E-state index in [2.05, 4.69) is 50.0 Å². The Morgan fingerprint density at radius 3 is 1.96 bits per heavy atom. The molecule has 1 aromatic heterocycles. The molecule has 1 heterocycles. The zero-order valence-electron chi connectivity index (χ0n) is 28.1. The molecular weight excluding hydrogens is 663 g/mol. The number of primary amides is 1. The lowest BCUT2D eigenvalue weighted by Crippen LogP contribution is -2.51. The number of nitrogens with zero attached hydrogens (tertiary/aromatic N) is 3. The molecule has 0 spiro atoms. The Bertz CT molecular complexity index is 1590. The fourth-order valence-corrected chi connectivity index (χ4v) is 5.36. The molecule has 2 aromatic carbocycles. The summed E-state index contributed by atoms with van der Waals surface area (Å²) in [5.41, 5.74) is 28.5. The van der Waals surface area contributed by atoms with Crippen molar-refractivity contribution in [2.75, 3.05) is 19.6 Å². The van der Waals surface area contributed by atoms with Gasteiger partial charge >= 0.3 is 0 Å². The first-order chi connectivity index (χ1) is 23.8. The van der Waals surface area contributed by atoms with Crippen molar-refractivity contribution < 1.29 is 24.0 Å². The van der Waals surface area contributed by atoms with E-state index in [0.717, 1.165) is 4.70 Å².